The van der Waals surface area contributed by atoms with Crippen molar-refractivity contribution in [1.82, 2.24) is 10.3 Å². The third-order valence-corrected chi connectivity index (χ3v) is 2.79. The molecule has 0 radical (unpaired) electrons. The van der Waals surface area contributed by atoms with E-state index in [2.05, 4.69) is 51.0 Å². The smallest absolute Gasteiger partial charge is 0.0607 e. The van der Waals surface area contributed by atoms with Crippen LogP contribution >= 0.6 is 0 Å². The van der Waals surface area contributed by atoms with Gasteiger partial charge < -0.3 is 5.32 Å². The van der Waals surface area contributed by atoms with Gasteiger partial charge in [-0.3, -0.25) is 4.98 Å². The summed E-state index contributed by atoms with van der Waals surface area (Å²) in [6.07, 6.45) is 3.03. The van der Waals surface area contributed by atoms with Gasteiger partial charge in [-0.2, -0.15) is 0 Å². The molecule has 1 heterocycles. The van der Waals surface area contributed by atoms with Crippen LogP contribution in [0.1, 0.15) is 51.4 Å². The van der Waals surface area contributed by atoms with Crippen LogP contribution in [0.4, 0.5) is 0 Å². The van der Waals surface area contributed by atoms with Gasteiger partial charge in [0.1, 0.15) is 0 Å². The predicted molar refractivity (Wildman–Crippen MR) is 69.5 cm³/mol. The summed E-state index contributed by atoms with van der Waals surface area (Å²) >= 11 is 0. The number of pyridine rings is 1. The van der Waals surface area contributed by atoms with E-state index in [-0.39, 0.29) is 5.41 Å². The standard InChI is InChI=1S/C14H24N2/c1-6-9-16-13(14(3,4)5)12-11(2)8-7-10-15-12/h7-8,10,13,16H,6,9H2,1-5H3. The molecule has 1 aromatic rings. The highest BCUT2D eigenvalue weighted by Crippen LogP contribution is 2.32. The highest BCUT2D eigenvalue weighted by Gasteiger charge is 2.27. The molecule has 0 saturated heterocycles. The molecule has 0 saturated carbocycles. The molecular weight excluding hydrogens is 196 g/mol. The van der Waals surface area contributed by atoms with Crippen molar-refractivity contribution in [3.8, 4) is 0 Å². The lowest BCUT2D eigenvalue weighted by molar-refractivity contribution is 0.267. The van der Waals surface area contributed by atoms with E-state index in [4.69, 9.17) is 0 Å². The number of hydrogen-bond donors (Lipinski definition) is 1. The minimum Gasteiger partial charge on any atom is -0.308 e. The van der Waals surface area contributed by atoms with Crippen LogP contribution in [0.3, 0.4) is 0 Å². The molecule has 0 aliphatic carbocycles. The van der Waals surface area contributed by atoms with Gasteiger partial charge in [0.2, 0.25) is 0 Å². The fourth-order valence-electron chi connectivity index (χ4n) is 1.90. The maximum Gasteiger partial charge on any atom is 0.0607 e. The van der Waals surface area contributed by atoms with Crippen molar-refractivity contribution in [2.45, 2.75) is 47.1 Å². The Morgan fingerprint density at radius 1 is 1.38 bits per heavy atom. The van der Waals surface area contributed by atoms with E-state index < -0.39 is 0 Å². The van der Waals surface area contributed by atoms with Crippen molar-refractivity contribution in [1.29, 1.82) is 0 Å². The highest BCUT2D eigenvalue weighted by molar-refractivity contribution is 5.22. The first kappa shape index (κ1) is 13.2. The molecule has 0 aliphatic rings. The molecule has 90 valence electrons. The lowest BCUT2D eigenvalue weighted by Gasteiger charge is -2.32. The largest absolute Gasteiger partial charge is 0.308 e. The zero-order valence-electron chi connectivity index (χ0n) is 11.2. The topological polar surface area (TPSA) is 24.9 Å². The first-order chi connectivity index (χ1) is 7.46. The molecule has 0 aliphatic heterocycles. The van der Waals surface area contributed by atoms with E-state index in [0.717, 1.165) is 13.0 Å². The van der Waals surface area contributed by atoms with E-state index in [1.165, 1.54) is 11.3 Å². The van der Waals surface area contributed by atoms with Gasteiger partial charge in [0.05, 0.1) is 11.7 Å². The monoisotopic (exact) mass is 220 g/mol. The molecule has 1 rings (SSSR count). The highest BCUT2D eigenvalue weighted by atomic mass is 15.0. The number of rotatable bonds is 4. The van der Waals surface area contributed by atoms with Crippen LogP contribution in [0.2, 0.25) is 0 Å². The first-order valence-electron chi connectivity index (χ1n) is 6.11. The lowest BCUT2D eigenvalue weighted by atomic mass is 9.83. The Balaban J connectivity index is 2.97. The van der Waals surface area contributed by atoms with Gasteiger partial charge in [-0.1, -0.05) is 33.8 Å². The molecule has 2 nitrogen and oxygen atoms in total. The van der Waals surface area contributed by atoms with Crippen molar-refractivity contribution in [3.05, 3.63) is 29.6 Å². The third kappa shape index (κ3) is 3.31. The van der Waals surface area contributed by atoms with Crippen molar-refractivity contribution in [2.24, 2.45) is 5.41 Å². The summed E-state index contributed by atoms with van der Waals surface area (Å²) in [5.41, 5.74) is 2.64. The van der Waals surface area contributed by atoms with E-state index in [1.54, 1.807) is 0 Å². The molecule has 2 heteroatoms. The van der Waals surface area contributed by atoms with Crippen LogP contribution in [0.15, 0.2) is 18.3 Å². The number of aryl methyl sites for hydroxylation is 1. The maximum atomic E-state index is 4.54. The van der Waals surface area contributed by atoms with Crippen LogP contribution in [-0.2, 0) is 0 Å². The average Bonchev–Trinajstić information content (AvgIpc) is 2.19. The first-order valence-corrected chi connectivity index (χ1v) is 6.11. The number of nitrogens with zero attached hydrogens (tertiary/aromatic N) is 1. The quantitative estimate of drug-likeness (QED) is 0.840. The van der Waals surface area contributed by atoms with Crippen molar-refractivity contribution >= 4 is 0 Å². The van der Waals surface area contributed by atoms with Crippen molar-refractivity contribution in [3.63, 3.8) is 0 Å². The van der Waals surface area contributed by atoms with Gasteiger partial charge in [0.15, 0.2) is 0 Å². The van der Waals surface area contributed by atoms with Crippen LogP contribution in [0, 0.1) is 12.3 Å². The van der Waals surface area contributed by atoms with E-state index in [0.29, 0.717) is 6.04 Å². The second-order valence-corrected chi connectivity index (χ2v) is 5.46. The molecule has 1 unspecified atom stereocenters. The molecule has 0 fully saturated rings. The number of hydrogen-bond acceptors (Lipinski definition) is 2. The number of aromatic nitrogens is 1. The molecule has 0 aromatic carbocycles. The fourth-order valence-corrected chi connectivity index (χ4v) is 1.90. The Bertz CT molecular complexity index is 326. The minimum atomic E-state index is 0.189. The fraction of sp³-hybridized carbons (Fsp3) is 0.643. The van der Waals surface area contributed by atoms with Gasteiger partial charge in [-0.15, -0.1) is 0 Å². The molecule has 1 aromatic heterocycles. The van der Waals surface area contributed by atoms with Crippen LogP contribution in [-0.4, -0.2) is 11.5 Å². The van der Waals surface area contributed by atoms with Crippen LogP contribution < -0.4 is 5.32 Å². The second-order valence-electron chi connectivity index (χ2n) is 5.46. The molecule has 16 heavy (non-hydrogen) atoms. The summed E-state index contributed by atoms with van der Waals surface area (Å²) in [7, 11) is 0. The minimum absolute atomic E-state index is 0.189. The summed E-state index contributed by atoms with van der Waals surface area (Å²) in [4.78, 5) is 4.54. The Labute approximate surface area is 99.5 Å². The SMILES string of the molecule is CCCNC(c1ncccc1C)C(C)(C)C. The lowest BCUT2D eigenvalue weighted by Crippen LogP contribution is -2.34. The summed E-state index contributed by atoms with van der Waals surface area (Å²) in [5, 5.41) is 3.60. The Morgan fingerprint density at radius 3 is 2.56 bits per heavy atom. The number of nitrogens with one attached hydrogen (secondary N) is 1. The zero-order chi connectivity index (χ0) is 12.2. The Hall–Kier alpha value is -0.890. The Kier molecular flexibility index (Phi) is 4.48. The Morgan fingerprint density at radius 2 is 2.06 bits per heavy atom. The zero-order valence-corrected chi connectivity index (χ0v) is 11.2. The molecule has 1 atom stereocenters. The normalized spacial score (nSPS) is 13.8. The van der Waals surface area contributed by atoms with Gasteiger partial charge in [0.25, 0.3) is 0 Å². The van der Waals surface area contributed by atoms with Gasteiger partial charge in [0, 0.05) is 6.20 Å². The second kappa shape index (κ2) is 5.44. The molecule has 0 bridgehead atoms. The average molecular weight is 220 g/mol. The summed E-state index contributed by atoms with van der Waals surface area (Å²) < 4.78 is 0. The van der Waals surface area contributed by atoms with E-state index in [9.17, 15) is 0 Å². The van der Waals surface area contributed by atoms with Gasteiger partial charge in [-0.25, -0.2) is 0 Å². The molecule has 0 spiro atoms. The molecule has 1 N–H and O–H groups in total. The van der Waals surface area contributed by atoms with E-state index >= 15 is 0 Å². The maximum absolute atomic E-state index is 4.54. The third-order valence-electron chi connectivity index (χ3n) is 2.79. The summed E-state index contributed by atoms with van der Waals surface area (Å²) in [6.45, 7) is 12.1. The van der Waals surface area contributed by atoms with Gasteiger partial charge in [-0.05, 0) is 36.9 Å². The molecule has 0 amide bonds. The van der Waals surface area contributed by atoms with Gasteiger partial charge >= 0.3 is 0 Å². The summed E-state index contributed by atoms with van der Waals surface area (Å²) in [5.74, 6) is 0. The van der Waals surface area contributed by atoms with Crippen LogP contribution in [0.5, 0.6) is 0 Å². The van der Waals surface area contributed by atoms with Crippen molar-refractivity contribution < 1.29 is 0 Å². The van der Waals surface area contributed by atoms with Crippen molar-refractivity contribution in [2.75, 3.05) is 6.54 Å². The summed E-state index contributed by atoms with van der Waals surface area (Å²) in [6, 6.07) is 4.46. The van der Waals surface area contributed by atoms with Crippen LogP contribution in [0.25, 0.3) is 0 Å². The molecular formula is C14H24N2. The van der Waals surface area contributed by atoms with E-state index in [1.807, 2.05) is 12.3 Å². The predicted octanol–water partition coefficient (Wildman–Crippen LogP) is 3.48.